The molecule has 24 heavy (non-hydrogen) atoms. The Morgan fingerprint density at radius 3 is 2.17 bits per heavy atom. The molecule has 1 aliphatic heterocycles. The van der Waals surface area contributed by atoms with E-state index in [4.69, 9.17) is 14.2 Å². The zero-order valence-electron chi connectivity index (χ0n) is 14.7. The SMILES string of the molecule is CCOCCOc1ccc(OCC(=O)N2CCN(CC)CC2)cc1. The number of hydrogen-bond acceptors (Lipinski definition) is 5. The van der Waals surface area contributed by atoms with E-state index in [-0.39, 0.29) is 12.5 Å². The first-order valence-electron chi connectivity index (χ1n) is 8.66. The number of amides is 1. The quantitative estimate of drug-likeness (QED) is 0.642. The second-order valence-electron chi connectivity index (χ2n) is 5.62. The summed E-state index contributed by atoms with van der Waals surface area (Å²) < 4.78 is 16.4. The maximum Gasteiger partial charge on any atom is 0.260 e. The molecule has 0 saturated carbocycles. The molecule has 6 heteroatoms. The highest BCUT2D eigenvalue weighted by molar-refractivity contribution is 5.77. The largest absolute Gasteiger partial charge is 0.491 e. The van der Waals surface area contributed by atoms with Crippen LogP contribution in [0.25, 0.3) is 0 Å². The second-order valence-corrected chi connectivity index (χ2v) is 5.62. The number of rotatable bonds is 9. The van der Waals surface area contributed by atoms with Crippen molar-refractivity contribution in [2.45, 2.75) is 13.8 Å². The molecule has 0 spiro atoms. The van der Waals surface area contributed by atoms with Crippen LogP contribution < -0.4 is 9.47 Å². The molecule has 1 heterocycles. The minimum absolute atomic E-state index is 0.0443. The van der Waals surface area contributed by atoms with Crippen molar-refractivity contribution in [3.8, 4) is 11.5 Å². The van der Waals surface area contributed by atoms with E-state index < -0.39 is 0 Å². The number of carbonyl (C=O) groups excluding carboxylic acids is 1. The summed E-state index contributed by atoms with van der Waals surface area (Å²) in [6, 6.07) is 7.31. The van der Waals surface area contributed by atoms with E-state index in [1.165, 1.54) is 0 Å². The highest BCUT2D eigenvalue weighted by atomic mass is 16.5. The molecule has 1 saturated heterocycles. The predicted molar refractivity (Wildman–Crippen MR) is 92.6 cm³/mol. The number of hydrogen-bond donors (Lipinski definition) is 0. The van der Waals surface area contributed by atoms with Crippen molar-refractivity contribution in [2.75, 3.05) is 59.2 Å². The van der Waals surface area contributed by atoms with E-state index in [0.717, 1.165) is 38.5 Å². The van der Waals surface area contributed by atoms with Gasteiger partial charge in [-0.3, -0.25) is 4.79 Å². The van der Waals surface area contributed by atoms with Gasteiger partial charge in [-0.2, -0.15) is 0 Å². The molecular weight excluding hydrogens is 308 g/mol. The molecule has 1 fully saturated rings. The van der Waals surface area contributed by atoms with Crippen molar-refractivity contribution in [3.63, 3.8) is 0 Å². The van der Waals surface area contributed by atoms with Gasteiger partial charge in [0.2, 0.25) is 0 Å². The molecule has 0 atom stereocenters. The normalized spacial score (nSPS) is 15.3. The number of carbonyl (C=O) groups is 1. The van der Waals surface area contributed by atoms with Crippen LogP contribution in [-0.2, 0) is 9.53 Å². The molecule has 0 unspecified atom stereocenters. The molecule has 134 valence electrons. The van der Waals surface area contributed by atoms with Crippen molar-refractivity contribution < 1.29 is 19.0 Å². The summed E-state index contributed by atoms with van der Waals surface area (Å²) in [6.45, 7) is 10.5. The molecule has 1 aromatic carbocycles. The van der Waals surface area contributed by atoms with Crippen LogP contribution in [0.1, 0.15) is 13.8 Å². The van der Waals surface area contributed by atoms with Gasteiger partial charge < -0.3 is 24.0 Å². The van der Waals surface area contributed by atoms with Crippen LogP contribution in [0.5, 0.6) is 11.5 Å². The van der Waals surface area contributed by atoms with Crippen molar-refractivity contribution in [3.05, 3.63) is 24.3 Å². The number of benzene rings is 1. The Bertz CT molecular complexity index is 484. The standard InChI is InChI=1S/C18H28N2O4/c1-3-19-9-11-20(12-10-19)18(21)15-24-17-7-5-16(6-8-17)23-14-13-22-4-2/h5-8H,3-4,9-15H2,1-2H3. The van der Waals surface area contributed by atoms with E-state index >= 15 is 0 Å². The predicted octanol–water partition coefficient (Wildman–Crippen LogP) is 1.64. The van der Waals surface area contributed by atoms with Gasteiger partial charge in [0.15, 0.2) is 6.61 Å². The van der Waals surface area contributed by atoms with E-state index in [1.54, 1.807) is 0 Å². The van der Waals surface area contributed by atoms with Gasteiger partial charge in [-0.1, -0.05) is 6.92 Å². The summed E-state index contributed by atoms with van der Waals surface area (Å²) in [6.07, 6.45) is 0. The third-order valence-electron chi connectivity index (χ3n) is 4.06. The second kappa shape index (κ2) is 10.2. The Morgan fingerprint density at radius 1 is 0.958 bits per heavy atom. The maximum atomic E-state index is 12.2. The monoisotopic (exact) mass is 336 g/mol. The van der Waals surface area contributed by atoms with Crippen LogP contribution in [-0.4, -0.2) is 74.9 Å². The Hall–Kier alpha value is -1.79. The highest BCUT2D eigenvalue weighted by Gasteiger charge is 2.20. The van der Waals surface area contributed by atoms with Crippen LogP contribution in [0.15, 0.2) is 24.3 Å². The molecule has 0 bridgehead atoms. The van der Waals surface area contributed by atoms with Gasteiger partial charge >= 0.3 is 0 Å². The average molecular weight is 336 g/mol. The fourth-order valence-electron chi connectivity index (χ4n) is 2.54. The Morgan fingerprint density at radius 2 is 1.58 bits per heavy atom. The van der Waals surface area contributed by atoms with E-state index in [1.807, 2.05) is 36.1 Å². The lowest BCUT2D eigenvalue weighted by molar-refractivity contribution is -0.135. The summed E-state index contributed by atoms with van der Waals surface area (Å²) in [4.78, 5) is 16.4. The average Bonchev–Trinajstić information content (AvgIpc) is 2.64. The number of piperazine rings is 1. The van der Waals surface area contributed by atoms with Crippen molar-refractivity contribution in [2.24, 2.45) is 0 Å². The summed E-state index contributed by atoms with van der Waals surface area (Å²) in [5.41, 5.74) is 0. The highest BCUT2D eigenvalue weighted by Crippen LogP contribution is 2.17. The van der Waals surface area contributed by atoms with Gasteiger partial charge in [0.25, 0.3) is 5.91 Å². The van der Waals surface area contributed by atoms with Gasteiger partial charge in [0.1, 0.15) is 18.1 Å². The van der Waals surface area contributed by atoms with Crippen LogP contribution in [0.4, 0.5) is 0 Å². The van der Waals surface area contributed by atoms with Crippen LogP contribution in [0, 0.1) is 0 Å². The Kier molecular flexibility index (Phi) is 7.85. The lowest BCUT2D eigenvalue weighted by Gasteiger charge is -2.33. The summed E-state index contributed by atoms with van der Waals surface area (Å²) in [5.74, 6) is 1.49. The fraction of sp³-hybridized carbons (Fsp3) is 0.611. The number of likely N-dealkylation sites (N-methyl/N-ethyl adjacent to an activating group) is 1. The van der Waals surface area contributed by atoms with Crippen molar-refractivity contribution in [1.82, 2.24) is 9.80 Å². The molecule has 0 radical (unpaired) electrons. The molecule has 1 amide bonds. The Balaban J connectivity index is 1.69. The minimum Gasteiger partial charge on any atom is -0.491 e. The molecule has 6 nitrogen and oxygen atoms in total. The lowest BCUT2D eigenvalue weighted by Crippen LogP contribution is -2.49. The molecule has 2 rings (SSSR count). The summed E-state index contributed by atoms with van der Waals surface area (Å²) in [5, 5.41) is 0. The van der Waals surface area contributed by atoms with Crippen LogP contribution >= 0.6 is 0 Å². The van der Waals surface area contributed by atoms with Gasteiger partial charge in [0, 0.05) is 32.8 Å². The number of nitrogens with zero attached hydrogens (tertiary/aromatic N) is 2. The first kappa shape index (κ1) is 18.5. The van der Waals surface area contributed by atoms with Gasteiger partial charge in [-0.25, -0.2) is 0 Å². The lowest BCUT2D eigenvalue weighted by atomic mass is 10.3. The van der Waals surface area contributed by atoms with E-state index in [0.29, 0.717) is 25.6 Å². The van der Waals surface area contributed by atoms with Gasteiger partial charge in [0.05, 0.1) is 6.61 Å². The molecule has 0 aromatic heterocycles. The van der Waals surface area contributed by atoms with Crippen molar-refractivity contribution >= 4 is 5.91 Å². The van der Waals surface area contributed by atoms with Crippen molar-refractivity contribution in [1.29, 1.82) is 0 Å². The maximum absolute atomic E-state index is 12.2. The Labute approximate surface area is 144 Å². The summed E-state index contributed by atoms with van der Waals surface area (Å²) in [7, 11) is 0. The third-order valence-corrected chi connectivity index (χ3v) is 4.06. The first-order chi connectivity index (χ1) is 11.7. The molecule has 1 aromatic rings. The van der Waals surface area contributed by atoms with E-state index in [9.17, 15) is 4.79 Å². The summed E-state index contributed by atoms with van der Waals surface area (Å²) >= 11 is 0. The molecular formula is C18H28N2O4. The zero-order chi connectivity index (χ0) is 17.2. The topological polar surface area (TPSA) is 51.2 Å². The zero-order valence-corrected chi connectivity index (χ0v) is 14.7. The third kappa shape index (κ3) is 6.02. The van der Waals surface area contributed by atoms with Crippen LogP contribution in [0.2, 0.25) is 0 Å². The molecule has 0 N–H and O–H groups in total. The van der Waals surface area contributed by atoms with Gasteiger partial charge in [-0.15, -0.1) is 0 Å². The van der Waals surface area contributed by atoms with E-state index in [2.05, 4.69) is 11.8 Å². The molecule has 0 aliphatic carbocycles. The van der Waals surface area contributed by atoms with Gasteiger partial charge in [-0.05, 0) is 37.7 Å². The first-order valence-corrected chi connectivity index (χ1v) is 8.66. The number of ether oxygens (including phenoxy) is 3. The smallest absolute Gasteiger partial charge is 0.260 e. The molecule has 1 aliphatic rings. The minimum atomic E-state index is 0.0443. The van der Waals surface area contributed by atoms with Crippen LogP contribution in [0.3, 0.4) is 0 Å². The fourth-order valence-corrected chi connectivity index (χ4v) is 2.54.